The van der Waals surface area contributed by atoms with Crippen LogP contribution in [0, 0.1) is 0 Å². The number of benzene rings is 1. The molecule has 1 unspecified atom stereocenters. The van der Waals surface area contributed by atoms with Crippen molar-refractivity contribution in [3.63, 3.8) is 0 Å². The van der Waals surface area contributed by atoms with Crippen molar-refractivity contribution in [1.82, 2.24) is 4.98 Å². The predicted octanol–water partition coefficient (Wildman–Crippen LogP) is 4.56. The highest BCUT2D eigenvalue weighted by Gasteiger charge is 2.46. The molecule has 146 valence electrons. The number of H-pyrrole nitrogens is 1. The van der Waals surface area contributed by atoms with E-state index in [1.807, 2.05) is 38.1 Å². The lowest BCUT2D eigenvalue weighted by Crippen LogP contribution is -2.33. The minimum absolute atomic E-state index is 0.0633. The van der Waals surface area contributed by atoms with Gasteiger partial charge in [-0.1, -0.05) is 17.7 Å². The van der Waals surface area contributed by atoms with Gasteiger partial charge in [-0.05, 0) is 65.7 Å². The molecule has 1 aliphatic rings. The number of rotatable bonds is 6. The Morgan fingerprint density at radius 2 is 2.00 bits per heavy atom. The number of pyridine rings is 1. The van der Waals surface area contributed by atoms with Gasteiger partial charge in [-0.2, -0.15) is 0 Å². The zero-order chi connectivity index (χ0) is 19.7. The van der Waals surface area contributed by atoms with Crippen molar-refractivity contribution in [2.45, 2.75) is 65.0 Å². The van der Waals surface area contributed by atoms with Gasteiger partial charge in [0.1, 0.15) is 12.4 Å². The number of hydrogen-bond donors (Lipinski definition) is 1. The molecular weight excluding hydrogens is 342 g/mol. The van der Waals surface area contributed by atoms with Gasteiger partial charge in [-0.3, -0.25) is 4.79 Å². The van der Waals surface area contributed by atoms with Gasteiger partial charge in [-0.15, -0.1) is 0 Å². The van der Waals surface area contributed by atoms with Gasteiger partial charge in [0.25, 0.3) is 5.56 Å². The number of nitrogens with one attached hydrogen (secondary N) is 1. The third kappa shape index (κ3) is 4.79. The van der Waals surface area contributed by atoms with Gasteiger partial charge >= 0.3 is 0 Å². The first-order valence-corrected chi connectivity index (χ1v) is 9.45. The summed E-state index contributed by atoms with van der Waals surface area (Å²) in [6, 6.07) is 9.14. The first-order valence-electron chi connectivity index (χ1n) is 9.45. The van der Waals surface area contributed by atoms with E-state index in [2.05, 4.69) is 31.8 Å². The van der Waals surface area contributed by atoms with Crippen molar-refractivity contribution in [1.29, 1.82) is 0 Å². The van der Waals surface area contributed by atoms with Crippen molar-refractivity contribution in [3.8, 4) is 5.75 Å². The Balaban J connectivity index is 1.58. The molecule has 1 aromatic heterocycles. The third-order valence-electron chi connectivity index (χ3n) is 4.89. The first kappa shape index (κ1) is 19.6. The summed E-state index contributed by atoms with van der Waals surface area (Å²) in [5.41, 5.74) is 1.56. The van der Waals surface area contributed by atoms with E-state index in [-0.39, 0.29) is 17.3 Å². The van der Waals surface area contributed by atoms with Gasteiger partial charge < -0.3 is 19.2 Å². The second-order valence-electron chi connectivity index (χ2n) is 8.16. The Morgan fingerprint density at radius 1 is 1.26 bits per heavy atom. The molecule has 5 heteroatoms. The van der Waals surface area contributed by atoms with Crippen molar-refractivity contribution in [3.05, 3.63) is 52.3 Å². The molecule has 1 N–H and O–H groups in total. The number of aromatic amines is 1. The Labute approximate surface area is 160 Å². The average Bonchev–Trinajstić information content (AvgIpc) is 2.79. The fourth-order valence-electron chi connectivity index (χ4n) is 3.64. The normalized spacial score (nSPS) is 21.5. The smallest absolute Gasteiger partial charge is 0.252 e. The highest BCUT2D eigenvalue weighted by atomic mass is 16.8. The summed E-state index contributed by atoms with van der Waals surface area (Å²) in [7, 11) is 0. The quantitative estimate of drug-likeness (QED) is 0.756. The average molecular weight is 371 g/mol. The molecule has 0 radical (unpaired) electrons. The second kappa shape index (κ2) is 7.49. The number of allylic oxidation sites excluding steroid dienone is 1. The molecule has 0 amide bonds. The molecule has 1 aromatic carbocycles. The molecule has 3 rings (SSSR count). The highest BCUT2D eigenvalue weighted by Crippen LogP contribution is 2.38. The number of fused-ring (bicyclic) bond motifs is 1. The van der Waals surface area contributed by atoms with Gasteiger partial charge in [0.2, 0.25) is 0 Å². The summed E-state index contributed by atoms with van der Waals surface area (Å²) in [5.74, 6) is 0.0739. The minimum Gasteiger partial charge on any atom is -0.489 e. The topological polar surface area (TPSA) is 60.6 Å². The van der Waals surface area contributed by atoms with Crippen molar-refractivity contribution >= 4 is 10.9 Å². The van der Waals surface area contributed by atoms with Crippen molar-refractivity contribution < 1.29 is 14.2 Å². The van der Waals surface area contributed by atoms with E-state index in [0.29, 0.717) is 12.4 Å². The first-order chi connectivity index (χ1) is 12.7. The van der Waals surface area contributed by atoms with Crippen LogP contribution in [0.3, 0.4) is 0 Å². The van der Waals surface area contributed by atoms with Crippen molar-refractivity contribution in [2.75, 3.05) is 6.61 Å². The summed E-state index contributed by atoms with van der Waals surface area (Å²) in [4.78, 5) is 14.6. The molecule has 2 aromatic rings. The van der Waals surface area contributed by atoms with E-state index in [9.17, 15) is 4.79 Å². The molecule has 0 spiro atoms. The number of hydrogen-bond acceptors (Lipinski definition) is 4. The molecule has 1 aliphatic heterocycles. The van der Waals surface area contributed by atoms with Gasteiger partial charge in [0.05, 0.1) is 17.2 Å². The van der Waals surface area contributed by atoms with Gasteiger partial charge in [0.15, 0.2) is 5.79 Å². The summed E-state index contributed by atoms with van der Waals surface area (Å²) in [6.45, 7) is 10.6. The van der Waals surface area contributed by atoms with E-state index >= 15 is 0 Å². The molecule has 27 heavy (non-hydrogen) atoms. The standard InChI is InChI=1S/C22H29NO4/c1-15(10-11-19-21(2,3)27-22(4,5)26-19)12-13-25-18-14-20(24)23-17-9-7-6-8-16(17)18/h6-9,12,14,19H,10-11,13H2,1-5H3,(H,23,24)/b15-12+. The summed E-state index contributed by atoms with van der Waals surface area (Å²) in [6.07, 6.45) is 3.93. The van der Waals surface area contributed by atoms with Crippen LogP contribution in [0.1, 0.15) is 47.5 Å². The van der Waals surface area contributed by atoms with Crippen LogP contribution in [0.4, 0.5) is 0 Å². The van der Waals surface area contributed by atoms with Gasteiger partial charge in [0, 0.05) is 11.5 Å². The van der Waals surface area contributed by atoms with Gasteiger partial charge in [-0.25, -0.2) is 0 Å². The molecule has 1 saturated heterocycles. The molecule has 0 aliphatic carbocycles. The molecule has 1 fully saturated rings. The van der Waals surface area contributed by atoms with Crippen LogP contribution in [0.15, 0.2) is 46.8 Å². The molecular formula is C22H29NO4. The van der Waals surface area contributed by atoms with E-state index in [4.69, 9.17) is 14.2 Å². The lowest BCUT2D eigenvalue weighted by Gasteiger charge is -2.24. The molecule has 5 nitrogen and oxygen atoms in total. The Bertz CT molecular complexity index is 895. The van der Waals surface area contributed by atoms with Crippen LogP contribution in [0.2, 0.25) is 0 Å². The summed E-state index contributed by atoms with van der Waals surface area (Å²) < 4.78 is 17.9. The number of ether oxygens (including phenoxy) is 3. The van der Waals surface area contributed by atoms with Crippen LogP contribution >= 0.6 is 0 Å². The Morgan fingerprint density at radius 3 is 2.70 bits per heavy atom. The van der Waals surface area contributed by atoms with E-state index in [1.165, 1.54) is 11.6 Å². The largest absolute Gasteiger partial charge is 0.489 e. The van der Waals surface area contributed by atoms with Crippen LogP contribution in [0.25, 0.3) is 10.9 Å². The summed E-state index contributed by atoms with van der Waals surface area (Å²) in [5, 5.41) is 0.906. The molecule has 2 heterocycles. The second-order valence-corrected chi connectivity index (χ2v) is 8.16. The van der Waals surface area contributed by atoms with Crippen LogP contribution in [-0.4, -0.2) is 29.1 Å². The fourth-order valence-corrected chi connectivity index (χ4v) is 3.64. The maximum atomic E-state index is 11.8. The van der Waals surface area contributed by atoms with E-state index < -0.39 is 5.79 Å². The lowest BCUT2D eigenvalue weighted by atomic mass is 9.96. The molecule has 0 saturated carbocycles. The number of para-hydroxylation sites is 1. The minimum atomic E-state index is -0.531. The zero-order valence-electron chi connectivity index (χ0n) is 16.8. The fraction of sp³-hybridized carbons (Fsp3) is 0.500. The SMILES string of the molecule is C/C(=C\COc1cc(=O)[nH]c2ccccc12)CCC1OC(C)(C)OC1(C)C. The van der Waals surface area contributed by atoms with Crippen LogP contribution < -0.4 is 10.3 Å². The highest BCUT2D eigenvalue weighted by molar-refractivity contribution is 5.84. The maximum absolute atomic E-state index is 11.8. The number of aromatic nitrogens is 1. The van der Waals surface area contributed by atoms with Crippen molar-refractivity contribution in [2.24, 2.45) is 0 Å². The maximum Gasteiger partial charge on any atom is 0.252 e. The van der Waals surface area contributed by atoms with E-state index in [1.54, 1.807) is 0 Å². The Hall–Kier alpha value is -2.11. The van der Waals surface area contributed by atoms with Crippen LogP contribution in [-0.2, 0) is 9.47 Å². The monoisotopic (exact) mass is 371 g/mol. The van der Waals surface area contributed by atoms with Crippen LogP contribution in [0.5, 0.6) is 5.75 Å². The summed E-state index contributed by atoms with van der Waals surface area (Å²) >= 11 is 0. The van der Waals surface area contributed by atoms with E-state index in [0.717, 1.165) is 23.7 Å². The zero-order valence-corrected chi connectivity index (χ0v) is 16.8. The molecule has 1 atom stereocenters. The molecule has 0 bridgehead atoms. The predicted molar refractivity (Wildman–Crippen MR) is 107 cm³/mol. The third-order valence-corrected chi connectivity index (χ3v) is 4.89. The lowest BCUT2D eigenvalue weighted by molar-refractivity contribution is -0.157. The Kier molecular flexibility index (Phi) is 5.45.